The molecule has 2 aliphatic rings. The lowest BCUT2D eigenvalue weighted by atomic mass is 9.84. The lowest BCUT2D eigenvalue weighted by Gasteiger charge is -2.33. The molecule has 1 aromatic carbocycles. The highest BCUT2D eigenvalue weighted by Gasteiger charge is 2.45. The Hall–Kier alpha value is -1.94. The number of pyridine rings is 1. The molecule has 0 radical (unpaired) electrons. The van der Waals surface area contributed by atoms with E-state index in [1.165, 1.54) is 19.3 Å². The smallest absolute Gasteiger partial charge is 0.320 e. The van der Waals surface area contributed by atoms with E-state index in [2.05, 4.69) is 28.1 Å². The zero-order valence-corrected chi connectivity index (χ0v) is 13.2. The van der Waals surface area contributed by atoms with Crippen molar-refractivity contribution in [3.05, 3.63) is 42.1 Å². The number of hydrogen-bond donors (Lipinski definition) is 1. The van der Waals surface area contributed by atoms with Gasteiger partial charge in [0.1, 0.15) is 6.04 Å². The number of nitrogens with zero attached hydrogens (tertiary/aromatic N) is 2. The molecule has 0 bridgehead atoms. The summed E-state index contributed by atoms with van der Waals surface area (Å²) in [5, 5.41) is 10.8. The fraction of sp³-hybridized carbons (Fsp3) is 0.474. The molecule has 2 fully saturated rings. The van der Waals surface area contributed by atoms with Gasteiger partial charge in [0, 0.05) is 24.2 Å². The third kappa shape index (κ3) is 2.61. The molecule has 4 heteroatoms. The molecule has 1 N–H and O–H groups in total. The third-order valence-corrected chi connectivity index (χ3v) is 5.58. The average Bonchev–Trinajstić information content (AvgIpc) is 2.94. The number of likely N-dealkylation sites (tertiary alicyclic amines) is 1. The summed E-state index contributed by atoms with van der Waals surface area (Å²) in [4.78, 5) is 18.5. The molecule has 1 aliphatic heterocycles. The molecule has 0 amide bonds. The van der Waals surface area contributed by atoms with Crippen molar-refractivity contribution in [2.24, 2.45) is 5.92 Å². The van der Waals surface area contributed by atoms with Crippen molar-refractivity contribution < 1.29 is 9.90 Å². The number of hydrogen-bond acceptors (Lipinski definition) is 3. The molecular formula is C19H22N2O2. The van der Waals surface area contributed by atoms with E-state index >= 15 is 0 Å². The first kappa shape index (κ1) is 14.6. The molecule has 2 heterocycles. The summed E-state index contributed by atoms with van der Waals surface area (Å²) in [7, 11) is 0. The second-order valence-corrected chi connectivity index (χ2v) is 6.87. The minimum Gasteiger partial charge on any atom is -0.480 e. The molecule has 3 unspecified atom stereocenters. The minimum absolute atomic E-state index is 0.345. The fourth-order valence-corrected chi connectivity index (χ4v) is 4.51. The first-order valence-corrected chi connectivity index (χ1v) is 8.55. The van der Waals surface area contributed by atoms with Crippen LogP contribution < -0.4 is 0 Å². The van der Waals surface area contributed by atoms with E-state index in [0.29, 0.717) is 18.5 Å². The standard InChI is InChI=1S/C19H22N2O2/c22-19(23)17-11-14-5-1-2-9-16(14)21(17)12-15-7-3-6-13-8-4-10-20-18(13)15/h3-4,6-8,10,14,16-17H,1-2,5,9,11-12H2,(H,22,23). The highest BCUT2D eigenvalue weighted by atomic mass is 16.4. The Morgan fingerprint density at radius 1 is 1.22 bits per heavy atom. The lowest BCUT2D eigenvalue weighted by Crippen LogP contribution is -2.41. The number of rotatable bonds is 3. The summed E-state index contributed by atoms with van der Waals surface area (Å²) in [5.74, 6) is -0.125. The molecular weight excluding hydrogens is 288 g/mol. The number of para-hydroxylation sites is 1. The Morgan fingerprint density at radius 3 is 2.91 bits per heavy atom. The molecule has 1 saturated carbocycles. The number of aliphatic carboxylic acids is 1. The van der Waals surface area contributed by atoms with E-state index in [0.717, 1.165) is 29.3 Å². The highest BCUT2D eigenvalue weighted by Crippen LogP contribution is 2.40. The number of benzene rings is 1. The Balaban J connectivity index is 1.68. The van der Waals surface area contributed by atoms with Crippen LogP contribution in [0.3, 0.4) is 0 Å². The second-order valence-electron chi connectivity index (χ2n) is 6.87. The van der Waals surface area contributed by atoms with Crippen LogP contribution in [0.15, 0.2) is 36.5 Å². The van der Waals surface area contributed by atoms with Crippen molar-refractivity contribution in [2.45, 2.75) is 50.7 Å². The Kier molecular flexibility index (Phi) is 3.77. The highest BCUT2D eigenvalue weighted by molar-refractivity contribution is 5.81. The number of carbonyl (C=O) groups is 1. The van der Waals surface area contributed by atoms with E-state index in [-0.39, 0.29) is 6.04 Å². The van der Waals surface area contributed by atoms with Gasteiger partial charge in [0.2, 0.25) is 0 Å². The van der Waals surface area contributed by atoms with Crippen molar-refractivity contribution in [1.29, 1.82) is 0 Å². The van der Waals surface area contributed by atoms with Gasteiger partial charge in [-0.2, -0.15) is 0 Å². The predicted molar refractivity (Wildman–Crippen MR) is 89.1 cm³/mol. The SMILES string of the molecule is O=C(O)C1CC2CCCCC2N1Cc1cccc2cccnc12. The number of aromatic nitrogens is 1. The zero-order valence-electron chi connectivity index (χ0n) is 13.2. The second kappa shape index (κ2) is 5.93. The summed E-state index contributed by atoms with van der Waals surface area (Å²) in [6.07, 6.45) is 7.40. The molecule has 3 atom stereocenters. The van der Waals surface area contributed by atoms with E-state index in [1.807, 2.05) is 18.3 Å². The van der Waals surface area contributed by atoms with E-state index in [1.54, 1.807) is 0 Å². The Labute approximate surface area is 136 Å². The maximum absolute atomic E-state index is 11.8. The first-order valence-electron chi connectivity index (χ1n) is 8.55. The molecule has 0 spiro atoms. The number of carboxylic acid groups (broad SMARTS) is 1. The van der Waals surface area contributed by atoms with Gasteiger partial charge in [0.25, 0.3) is 0 Å². The van der Waals surface area contributed by atoms with Crippen molar-refractivity contribution in [1.82, 2.24) is 9.88 Å². The summed E-state index contributed by atoms with van der Waals surface area (Å²) in [6, 6.07) is 10.3. The third-order valence-electron chi connectivity index (χ3n) is 5.58. The maximum Gasteiger partial charge on any atom is 0.320 e. The van der Waals surface area contributed by atoms with Gasteiger partial charge in [-0.3, -0.25) is 14.7 Å². The van der Waals surface area contributed by atoms with E-state index in [4.69, 9.17) is 0 Å². The van der Waals surface area contributed by atoms with Crippen molar-refractivity contribution >= 4 is 16.9 Å². The van der Waals surface area contributed by atoms with Crippen molar-refractivity contribution in [2.75, 3.05) is 0 Å². The van der Waals surface area contributed by atoms with Crippen LogP contribution in [-0.2, 0) is 11.3 Å². The van der Waals surface area contributed by atoms with Gasteiger partial charge in [-0.25, -0.2) is 0 Å². The molecule has 1 aromatic heterocycles. The predicted octanol–water partition coefficient (Wildman–Crippen LogP) is 3.45. The van der Waals surface area contributed by atoms with Gasteiger partial charge in [-0.05, 0) is 36.8 Å². The average molecular weight is 310 g/mol. The quantitative estimate of drug-likeness (QED) is 0.943. The van der Waals surface area contributed by atoms with Gasteiger partial charge < -0.3 is 5.11 Å². The van der Waals surface area contributed by atoms with Gasteiger partial charge in [0.05, 0.1) is 5.52 Å². The van der Waals surface area contributed by atoms with Crippen LogP contribution in [0.1, 0.15) is 37.7 Å². The minimum atomic E-state index is -0.674. The van der Waals surface area contributed by atoms with Gasteiger partial charge in [-0.1, -0.05) is 37.1 Å². The van der Waals surface area contributed by atoms with Crippen LogP contribution in [0.2, 0.25) is 0 Å². The monoisotopic (exact) mass is 310 g/mol. The van der Waals surface area contributed by atoms with Crippen LogP contribution in [-0.4, -0.2) is 33.0 Å². The Morgan fingerprint density at radius 2 is 2.04 bits per heavy atom. The molecule has 23 heavy (non-hydrogen) atoms. The van der Waals surface area contributed by atoms with Gasteiger partial charge in [0.15, 0.2) is 0 Å². The van der Waals surface area contributed by atoms with Crippen molar-refractivity contribution in [3.8, 4) is 0 Å². The topological polar surface area (TPSA) is 53.4 Å². The molecule has 4 nitrogen and oxygen atoms in total. The summed E-state index contributed by atoms with van der Waals surface area (Å²) in [5.41, 5.74) is 2.14. The summed E-state index contributed by atoms with van der Waals surface area (Å²) >= 11 is 0. The van der Waals surface area contributed by atoms with Crippen LogP contribution in [0.5, 0.6) is 0 Å². The van der Waals surface area contributed by atoms with Gasteiger partial charge >= 0.3 is 5.97 Å². The first-order chi connectivity index (χ1) is 11.2. The number of carboxylic acids is 1. The molecule has 2 aromatic rings. The van der Waals surface area contributed by atoms with Crippen LogP contribution >= 0.6 is 0 Å². The largest absolute Gasteiger partial charge is 0.480 e. The van der Waals surface area contributed by atoms with Gasteiger partial charge in [-0.15, -0.1) is 0 Å². The van der Waals surface area contributed by atoms with Crippen molar-refractivity contribution in [3.63, 3.8) is 0 Å². The normalized spacial score (nSPS) is 27.9. The lowest BCUT2D eigenvalue weighted by molar-refractivity contribution is -0.142. The zero-order chi connectivity index (χ0) is 15.8. The summed E-state index contributed by atoms with van der Waals surface area (Å²) < 4.78 is 0. The fourth-order valence-electron chi connectivity index (χ4n) is 4.51. The summed E-state index contributed by atoms with van der Waals surface area (Å²) in [6.45, 7) is 0.687. The maximum atomic E-state index is 11.8. The van der Waals surface area contributed by atoms with E-state index in [9.17, 15) is 9.90 Å². The number of fused-ring (bicyclic) bond motifs is 2. The molecule has 4 rings (SSSR count). The van der Waals surface area contributed by atoms with Crippen LogP contribution in [0.4, 0.5) is 0 Å². The van der Waals surface area contributed by atoms with Crippen LogP contribution in [0, 0.1) is 5.92 Å². The molecule has 1 aliphatic carbocycles. The van der Waals surface area contributed by atoms with Crippen LogP contribution in [0.25, 0.3) is 10.9 Å². The molecule has 1 saturated heterocycles. The molecule has 120 valence electrons. The Bertz CT molecular complexity index is 725. The van der Waals surface area contributed by atoms with E-state index < -0.39 is 5.97 Å².